The summed E-state index contributed by atoms with van der Waals surface area (Å²) in [5, 5.41) is 0. The van der Waals surface area contributed by atoms with Gasteiger partial charge >= 0.3 is 0 Å². The van der Waals surface area contributed by atoms with E-state index in [9.17, 15) is 4.79 Å². The topological polar surface area (TPSA) is 20.3 Å². The molecule has 0 bridgehead atoms. The number of benzene rings is 1. The first-order valence-corrected chi connectivity index (χ1v) is 7.51. The fraction of sp³-hybridized carbons (Fsp3) is 0.533. The van der Waals surface area contributed by atoms with Gasteiger partial charge in [0.1, 0.15) is 0 Å². The van der Waals surface area contributed by atoms with E-state index in [0.717, 1.165) is 47.9 Å². The molecule has 0 saturated heterocycles. The minimum Gasteiger partial charge on any atom is -0.371 e. The molecule has 0 aliphatic heterocycles. The van der Waals surface area contributed by atoms with Gasteiger partial charge in [0, 0.05) is 28.8 Å². The minimum atomic E-state index is 0.783. The van der Waals surface area contributed by atoms with Gasteiger partial charge in [-0.25, -0.2) is 0 Å². The Labute approximate surface area is 119 Å². The molecule has 0 fully saturated rings. The highest BCUT2D eigenvalue weighted by molar-refractivity contribution is 9.10. The number of aldehydes is 1. The zero-order chi connectivity index (χ0) is 13.4. The van der Waals surface area contributed by atoms with E-state index in [1.165, 1.54) is 12.8 Å². The summed E-state index contributed by atoms with van der Waals surface area (Å²) in [6.45, 7) is 6.43. The van der Waals surface area contributed by atoms with Gasteiger partial charge in [-0.15, -0.1) is 0 Å². The summed E-state index contributed by atoms with van der Waals surface area (Å²) in [6.07, 6.45) is 5.62. The van der Waals surface area contributed by atoms with E-state index >= 15 is 0 Å². The van der Waals surface area contributed by atoms with Crippen molar-refractivity contribution >= 4 is 27.9 Å². The highest BCUT2D eigenvalue weighted by atomic mass is 79.9. The van der Waals surface area contributed by atoms with Crippen molar-refractivity contribution in [3.05, 3.63) is 28.2 Å². The minimum absolute atomic E-state index is 0.783. The first-order valence-electron chi connectivity index (χ1n) is 6.72. The standard InChI is InChI=1S/C15H22BrNO/c1-3-5-9-17(10-6-4-2)15-11-14(16)8-7-13(15)12-18/h7-8,11-12H,3-6,9-10H2,1-2H3. The van der Waals surface area contributed by atoms with Crippen molar-refractivity contribution < 1.29 is 4.79 Å². The highest BCUT2D eigenvalue weighted by Crippen LogP contribution is 2.25. The van der Waals surface area contributed by atoms with Crippen LogP contribution in [0.4, 0.5) is 5.69 Å². The molecule has 0 saturated carbocycles. The van der Waals surface area contributed by atoms with Gasteiger partial charge in [-0.3, -0.25) is 4.79 Å². The smallest absolute Gasteiger partial charge is 0.152 e. The molecule has 0 radical (unpaired) electrons. The molecule has 100 valence electrons. The number of anilines is 1. The highest BCUT2D eigenvalue weighted by Gasteiger charge is 2.10. The monoisotopic (exact) mass is 311 g/mol. The maximum Gasteiger partial charge on any atom is 0.152 e. The van der Waals surface area contributed by atoms with E-state index in [2.05, 4.69) is 40.7 Å². The summed E-state index contributed by atoms with van der Waals surface area (Å²) in [5.41, 5.74) is 1.84. The second kappa shape index (κ2) is 8.30. The predicted octanol–water partition coefficient (Wildman–Crippen LogP) is 4.67. The summed E-state index contributed by atoms with van der Waals surface area (Å²) >= 11 is 3.49. The average molecular weight is 312 g/mol. The molecule has 0 amide bonds. The second-order valence-electron chi connectivity index (χ2n) is 4.52. The summed E-state index contributed by atoms with van der Waals surface area (Å²) in [7, 11) is 0. The third-order valence-corrected chi connectivity index (χ3v) is 3.52. The Balaban J connectivity index is 2.94. The Morgan fingerprint density at radius 2 is 1.78 bits per heavy atom. The van der Waals surface area contributed by atoms with Crippen LogP contribution < -0.4 is 4.90 Å². The van der Waals surface area contributed by atoms with Crippen molar-refractivity contribution in [2.75, 3.05) is 18.0 Å². The lowest BCUT2D eigenvalue weighted by atomic mass is 10.1. The lowest BCUT2D eigenvalue weighted by molar-refractivity contribution is 0.112. The van der Waals surface area contributed by atoms with Gasteiger partial charge < -0.3 is 4.90 Å². The van der Waals surface area contributed by atoms with Crippen LogP contribution in [0, 0.1) is 0 Å². The fourth-order valence-corrected chi connectivity index (χ4v) is 2.29. The first-order chi connectivity index (χ1) is 8.72. The van der Waals surface area contributed by atoms with Crippen LogP contribution in [-0.2, 0) is 0 Å². The third kappa shape index (κ3) is 4.45. The molecule has 0 aliphatic rings. The molecule has 1 rings (SSSR count). The van der Waals surface area contributed by atoms with E-state index in [1.54, 1.807) is 0 Å². The molecule has 0 atom stereocenters. The molecule has 0 aromatic heterocycles. The number of hydrogen-bond donors (Lipinski definition) is 0. The number of rotatable bonds is 8. The van der Waals surface area contributed by atoms with Crippen molar-refractivity contribution in [3.8, 4) is 0 Å². The molecule has 0 N–H and O–H groups in total. The van der Waals surface area contributed by atoms with Crippen molar-refractivity contribution in [2.45, 2.75) is 39.5 Å². The van der Waals surface area contributed by atoms with Crippen LogP contribution in [-0.4, -0.2) is 19.4 Å². The van der Waals surface area contributed by atoms with E-state index in [0.29, 0.717) is 0 Å². The van der Waals surface area contributed by atoms with Gasteiger partial charge in [0.2, 0.25) is 0 Å². The fourth-order valence-electron chi connectivity index (χ4n) is 1.94. The summed E-state index contributed by atoms with van der Waals surface area (Å²) in [5.74, 6) is 0. The van der Waals surface area contributed by atoms with Crippen molar-refractivity contribution in [1.29, 1.82) is 0 Å². The number of hydrogen-bond acceptors (Lipinski definition) is 2. The molecule has 3 heteroatoms. The second-order valence-corrected chi connectivity index (χ2v) is 5.43. The van der Waals surface area contributed by atoms with E-state index in [-0.39, 0.29) is 0 Å². The van der Waals surface area contributed by atoms with Crippen LogP contribution in [0.25, 0.3) is 0 Å². The number of carbonyl (C=O) groups is 1. The largest absolute Gasteiger partial charge is 0.371 e. The number of unbranched alkanes of at least 4 members (excludes halogenated alkanes) is 2. The molecule has 1 aromatic carbocycles. The Bertz CT molecular complexity index is 371. The molecule has 0 spiro atoms. The molecule has 0 unspecified atom stereocenters. The van der Waals surface area contributed by atoms with E-state index in [1.807, 2.05) is 12.1 Å². The van der Waals surface area contributed by atoms with Gasteiger partial charge in [0.25, 0.3) is 0 Å². The lowest BCUT2D eigenvalue weighted by Crippen LogP contribution is -2.26. The summed E-state index contributed by atoms with van der Waals surface area (Å²) < 4.78 is 1.03. The van der Waals surface area contributed by atoms with Crippen LogP contribution in [0.15, 0.2) is 22.7 Å². The summed E-state index contributed by atoms with van der Waals surface area (Å²) in [4.78, 5) is 13.5. The van der Waals surface area contributed by atoms with Crippen LogP contribution >= 0.6 is 15.9 Å². The van der Waals surface area contributed by atoms with Gasteiger partial charge in [-0.1, -0.05) is 42.6 Å². The molecule has 18 heavy (non-hydrogen) atoms. The van der Waals surface area contributed by atoms with Crippen molar-refractivity contribution in [2.24, 2.45) is 0 Å². The maximum absolute atomic E-state index is 11.1. The normalized spacial score (nSPS) is 10.4. The van der Waals surface area contributed by atoms with Gasteiger partial charge in [0.15, 0.2) is 6.29 Å². The van der Waals surface area contributed by atoms with Gasteiger partial charge in [-0.2, -0.15) is 0 Å². The summed E-state index contributed by atoms with van der Waals surface area (Å²) in [6, 6.07) is 5.86. The number of carbonyl (C=O) groups excluding carboxylic acids is 1. The molecule has 0 heterocycles. The van der Waals surface area contributed by atoms with Crippen molar-refractivity contribution in [3.63, 3.8) is 0 Å². The lowest BCUT2D eigenvalue weighted by Gasteiger charge is -2.26. The molecular formula is C15H22BrNO. The Morgan fingerprint density at radius 1 is 1.17 bits per heavy atom. The van der Waals surface area contributed by atoms with Crippen LogP contribution in [0.2, 0.25) is 0 Å². The Hall–Kier alpha value is -0.830. The van der Waals surface area contributed by atoms with Crippen LogP contribution in [0.1, 0.15) is 49.9 Å². The Morgan fingerprint density at radius 3 is 2.28 bits per heavy atom. The zero-order valence-corrected chi connectivity index (χ0v) is 12.9. The van der Waals surface area contributed by atoms with Crippen molar-refractivity contribution in [1.82, 2.24) is 0 Å². The van der Waals surface area contributed by atoms with Crippen LogP contribution in [0.3, 0.4) is 0 Å². The van der Waals surface area contributed by atoms with Crippen LogP contribution in [0.5, 0.6) is 0 Å². The SMILES string of the molecule is CCCCN(CCCC)c1cc(Br)ccc1C=O. The number of nitrogens with zero attached hydrogens (tertiary/aromatic N) is 1. The number of halogens is 1. The van der Waals surface area contributed by atoms with E-state index in [4.69, 9.17) is 0 Å². The zero-order valence-electron chi connectivity index (χ0n) is 11.3. The average Bonchev–Trinajstić information content (AvgIpc) is 2.39. The van der Waals surface area contributed by atoms with Gasteiger partial charge in [-0.05, 0) is 31.0 Å². The third-order valence-electron chi connectivity index (χ3n) is 3.02. The Kier molecular flexibility index (Phi) is 7.02. The maximum atomic E-state index is 11.1. The van der Waals surface area contributed by atoms with Gasteiger partial charge in [0.05, 0.1) is 0 Å². The molecule has 0 aliphatic carbocycles. The first kappa shape index (κ1) is 15.2. The molecule has 1 aromatic rings. The van der Waals surface area contributed by atoms with E-state index < -0.39 is 0 Å². The molecule has 2 nitrogen and oxygen atoms in total. The predicted molar refractivity (Wildman–Crippen MR) is 81.6 cm³/mol. The molecular weight excluding hydrogens is 290 g/mol. The quantitative estimate of drug-likeness (QED) is 0.650.